The average molecular weight is 294 g/mol. The lowest BCUT2D eigenvalue weighted by Crippen LogP contribution is -2.28. The first-order valence-corrected chi connectivity index (χ1v) is 8.12. The molecular formula is C17H30N2O2. The molecule has 1 heterocycles. The third-order valence-electron chi connectivity index (χ3n) is 3.61. The molecule has 0 atom stereocenters. The average Bonchev–Trinajstić information content (AvgIpc) is 2.41. The molecule has 0 aliphatic carbocycles. The monoisotopic (exact) mass is 294 g/mol. The van der Waals surface area contributed by atoms with E-state index in [1.807, 2.05) is 4.57 Å². The molecular weight excluding hydrogens is 264 g/mol. The van der Waals surface area contributed by atoms with Gasteiger partial charge in [-0.2, -0.15) is 0 Å². The summed E-state index contributed by atoms with van der Waals surface area (Å²) in [6, 6.07) is 1.59. The minimum absolute atomic E-state index is 0.153. The van der Waals surface area contributed by atoms with E-state index in [2.05, 4.69) is 32.6 Å². The fourth-order valence-corrected chi connectivity index (χ4v) is 2.48. The van der Waals surface area contributed by atoms with Gasteiger partial charge >= 0.3 is 0 Å². The molecule has 0 amide bonds. The van der Waals surface area contributed by atoms with Gasteiger partial charge in [-0.25, -0.2) is 0 Å². The molecule has 0 saturated carbocycles. The Morgan fingerprint density at radius 2 is 1.86 bits per heavy atom. The molecule has 120 valence electrons. The van der Waals surface area contributed by atoms with Crippen molar-refractivity contribution in [1.82, 2.24) is 9.47 Å². The Hall–Kier alpha value is -1.29. The van der Waals surface area contributed by atoms with Crippen molar-refractivity contribution in [2.45, 2.75) is 60.0 Å². The Kier molecular flexibility index (Phi) is 7.51. The van der Waals surface area contributed by atoms with Crippen molar-refractivity contribution >= 4 is 0 Å². The highest BCUT2D eigenvalue weighted by molar-refractivity contribution is 5.20. The summed E-state index contributed by atoms with van der Waals surface area (Å²) in [6.45, 7) is 12.4. The SMILES string of the molecule is CCCN(CCC)Cc1cc(=O)c(O)cn1CCC(C)C. The highest BCUT2D eigenvalue weighted by atomic mass is 16.3. The maximum Gasteiger partial charge on any atom is 0.223 e. The van der Waals surface area contributed by atoms with Gasteiger partial charge < -0.3 is 9.67 Å². The second kappa shape index (κ2) is 8.88. The molecule has 0 fully saturated rings. The van der Waals surface area contributed by atoms with Crippen molar-refractivity contribution in [3.8, 4) is 5.75 Å². The molecule has 0 bridgehead atoms. The van der Waals surface area contributed by atoms with E-state index >= 15 is 0 Å². The van der Waals surface area contributed by atoms with E-state index in [1.54, 1.807) is 12.3 Å². The van der Waals surface area contributed by atoms with E-state index < -0.39 is 0 Å². The topological polar surface area (TPSA) is 45.5 Å². The van der Waals surface area contributed by atoms with Gasteiger partial charge in [0.1, 0.15) is 0 Å². The van der Waals surface area contributed by atoms with E-state index in [1.165, 1.54) is 0 Å². The van der Waals surface area contributed by atoms with Crippen LogP contribution in [0.3, 0.4) is 0 Å². The Bertz CT molecular complexity index is 474. The summed E-state index contributed by atoms with van der Waals surface area (Å²) in [7, 11) is 0. The summed E-state index contributed by atoms with van der Waals surface area (Å²) >= 11 is 0. The Labute approximate surface area is 128 Å². The predicted octanol–water partition coefficient (Wildman–Crippen LogP) is 3.22. The minimum Gasteiger partial charge on any atom is -0.503 e. The number of nitrogens with zero attached hydrogens (tertiary/aromatic N) is 2. The summed E-state index contributed by atoms with van der Waals surface area (Å²) < 4.78 is 2.04. The number of hydrogen-bond donors (Lipinski definition) is 1. The van der Waals surface area contributed by atoms with Crippen LogP contribution in [0, 0.1) is 5.92 Å². The fourth-order valence-electron chi connectivity index (χ4n) is 2.48. The fraction of sp³-hybridized carbons (Fsp3) is 0.706. The van der Waals surface area contributed by atoms with Crippen LogP contribution >= 0.6 is 0 Å². The first kappa shape index (κ1) is 17.8. The van der Waals surface area contributed by atoms with Crippen molar-refractivity contribution in [2.75, 3.05) is 13.1 Å². The zero-order valence-electron chi connectivity index (χ0n) is 13.9. The van der Waals surface area contributed by atoms with Crippen LogP contribution in [0.5, 0.6) is 5.75 Å². The molecule has 0 unspecified atom stereocenters. The number of aromatic nitrogens is 1. The Morgan fingerprint density at radius 3 is 2.38 bits per heavy atom. The zero-order valence-corrected chi connectivity index (χ0v) is 13.9. The van der Waals surface area contributed by atoms with E-state index in [0.717, 1.165) is 51.1 Å². The summed E-state index contributed by atoms with van der Waals surface area (Å²) in [4.78, 5) is 14.1. The highest BCUT2D eigenvalue weighted by Crippen LogP contribution is 2.12. The molecule has 1 rings (SSSR count). The van der Waals surface area contributed by atoms with Crippen LogP contribution in [0.1, 0.15) is 52.7 Å². The van der Waals surface area contributed by atoms with E-state index in [4.69, 9.17) is 0 Å². The van der Waals surface area contributed by atoms with Crippen LogP contribution in [-0.4, -0.2) is 27.7 Å². The molecule has 1 aromatic heterocycles. The number of hydrogen-bond acceptors (Lipinski definition) is 3. The first-order valence-electron chi connectivity index (χ1n) is 8.12. The largest absolute Gasteiger partial charge is 0.503 e. The zero-order chi connectivity index (χ0) is 15.8. The van der Waals surface area contributed by atoms with Crippen LogP contribution in [0.15, 0.2) is 17.1 Å². The quantitative estimate of drug-likeness (QED) is 0.760. The van der Waals surface area contributed by atoms with Gasteiger partial charge in [-0.15, -0.1) is 0 Å². The number of aromatic hydroxyl groups is 1. The lowest BCUT2D eigenvalue weighted by atomic mass is 10.1. The molecule has 0 saturated heterocycles. The molecule has 1 N–H and O–H groups in total. The summed E-state index contributed by atoms with van der Waals surface area (Å²) in [5.74, 6) is 0.446. The van der Waals surface area contributed by atoms with Gasteiger partial charge in [0.15, 0.2) is 5.75 Å². The van der Waals surface area contributed by atoms with Gasteiger partial charge in [0.25, 0.3) is 0 Å². The standard InChI is InChI=1S/C17H30N2O2/c1-5-8-18(9-6-2)12-15-11-16(20)17(21)13-19(15)10-7-14(3)4/h11,13-14,21H,5-10,12H2,1-4H3. The molecule has 21 heavy (non-hydrogen) atoms. The molecule has 0 aliphatic rings. The summed E-state index contributed by atoms with van der Waals surface area (Å²) in [5, 5.41) is 9.68. The molecule has 0 aliphatic heterocycles. The third kappa shape index (κ3) is 5.92. The summed E-state index contributed by atoms with van der Waals surface area (Å²) in [6.07, 6.45) is 4.84. The number of pyridine rings is 1. The number of aryl methyl sites for hydroxylation is 1. The van der Waals surface area contributed by atoms with Crippen LogP contribution in [0.25, 0.3) is 0 Å². The van der Waals surface area contributed by atoms with Gasteiger partial charge in [-0.05, 0) is 38.3 Å². The van der Waals surface area contributed by atoms with Crippen molar-refractivity contribution in [1.29, 1.82) is 0 Å². The van der Waals surface area contributed by atoms with Gasteiger partial charge in [0, 0.05) is 24.8 Å². The van der Waals surface area contributed by atoms with Gasteiger partial charge in [-0.3, -0.25) is 9.69 Å². The first-order chi connectivity index (χ1) is 9.97. The van der Waals surface area contributed by atoms with Crippen molar-refractivity contribution in [3.05, 3.63) is 28.2 Å². The van der Waals surface area contributed by atoms with E-state index in [-0.39, 0.29) is 11.2 Å². The second-order valence-electron chi connectivity index (χ2n) is 6.17. The van der Waals surface area contributed by atoms with Crippen LogP contribution < -0.4 is 5.43 Å². The van der Waals surface area contributed by atoms with Crippen LogP contribution in [0.2, 0.25) is 0 Å². The highest BCUT2D eigenvalue weighted by Gasteiger charge is 2.10. The third-order valence-corrected chi connectivity index (χ3v) is 3.61. The molecule has 4 heteroatoms. The van der Waals surface area contributed by atoms with E-state index in [0.29, 0.717) is 5.92 Å². The molecule has 1 aromatic rings. The Morgan fingerprint density at radius 1 is 1.24 bits per heavy atom. The van der Waals surface area contributed by atoms with Crippen LogP contribution in [-0.2, 0) is 13.1 Å². The van der Waals surface area contributed by atoms with Crippen molar-refractivity contribution in [2.24, 2.45) is 5.92 Å². The molecule has 0 spiro atoms. The predicted molar refractivity (Wildman–Crippen MR) is 87.7 cm³/mol. The smallest absolute Gasteiger partial charge is 0.223 e. The summed E-state index contributed by atoms with van der Waals surface area (Å²) in [5.41, 5.74) is 0.721. The molecule has 4 nitrogen and oxygen atoms in total. The maximum atomic E-state index is 11.7. The van der Waals surface area contributed by atoms with Crippen molar-refractivity contribution < 1.29 is 5.11 Å². The van der Waals surface area contributed by atoms with Crippen LogP contribution in [0.4, 0.5) is 0 Å². The van der Waals surface area contributed by atoms with Gasteiger partial charge in [0.05, 0.1) is 6.20 Å². The maximum absolute atomic E-state index is 11.7. The normalized spacial score (nSPS) is 11.5. The minimum atomic E-state index is -0.279. The molecule has 0 aromatic carbocycles. The van der Waals surface area contributed by atoms with E-state index in [9.17, 15) is 9.90 Å². The Balaban J connectivity index is 2.96. The van der Waals surface area contributed by atoms with Crippen molar-refractivity contribution in [3.63, 3.8) is 0 Å². The number of rotatable bonds is 9. The second-order valence-corrected chi connectivity index (χ2v) is 6.17. The lowest BCUT2D eigenvalue weighted by molar-refractivity contribution is 0.257. The van der Waals surface area contributed by atoms with Gasteiger partial charge in [-0.1, -0.05) is 27.7 Å². The lowest BCUT2D eigenvalue weighted by Gasteiger charge is -2.23. The molecule has 0 radical (unpaired) electrons. The van der Waals surface area contributed by atoms with Gasteiger partial charge in [0.2, 0.25) is 5.43 Å².